The van der Waals surface area contributed by atoms with Gasteiger partial charge in [0, 0.05) is 32.8 Å². The number of nitrogens with zero attached hydrogens (tertiary/aromatic N) is 1. The summed E-state index contributed by atoms with van der Waals surface area (Å²) in [5, 5.41) is 0. The van der Waals surface area contributed by atoms with Gasteiger partial charge in [0.25, 0.3) is 0 Å². The first kappa shape index (κ1) is 18.9. The van der Waals surface area contributed by atoms with Gasteiger partial charge in [-0.15, -0.1) is 0 Å². The smallest absolute Gasteiger partial charge is 0.227 e. The van der Waals surface area contributed by atoms with E-state index in [-0.39, 0.29) is 17.6 Å². The number of carbonyl (C=O) groups excluding carboxylic acids is 1. The van der Waals surface area contributed by atoms with E-state index in [4.69, 9.17) is 14.2 Å². The summed E-state index contributed by atoms with van der Waals surface area (Å²) in [6.45, 7) is 6.77. The van der Waals surface area contributed by atoms with E-state index in [2.05, 4.69) is 19.1 Å². The monoisotopic (exact) mass is 373 g/mol. The van der Waals surface area contributed by atoms with Crippen LogP contribution >= 0.6 is 0 Å². The Morgan fingerprint density at radius 1 is 1.15 bits per heavy atom. The van der Waals surface area contributed by atoms with Crippen molar-refractivity contribution in [3.63, 3.8) is 0 Å². The summed E-state index contributed by atoms with van der Waals surface area (Å²) >= 11 is 0. The van der Waals surface area contributed by atoms with Crippen molar-refractivity contribution in [2.45, 2.75) is 50.7 Å². The predicted octanol–water partition coefficient (Wildman–Crippen LogP) is 2.74. The van der Waals surface area contributed by atoms with Crippen LogP contribution < -0.4 is 0 Å². The molecule has 27 heavy (non-hydrogen) atoms. The summed E-state index contributed by atoms with van der Waals surface area (Å²) in [6, 6.07) is 8.20. The number of rotatable bonds is 5. The molecule has 0 bridgehead atoms. The maximum absolute atomic E-state index is 12.5. The van der Waals surface area contributed by atoms with Crippen LogP contribution in [0.15, 0.2) is 24.3 Å². The highest BCUT2D eigenvalue weighted by molar-refractivity contribution is 5.80. The van der Waals surface area contributed by atoms with Crippen LogP contribution in [0.25, 0.3) is 0 Å². The van der Waals surface area contributed by atoms with Gasteiger partial charge >= 0.3 is 0 Å². The zero-order chi connectivity index (χ0) is 18.7. The van der Waals surface area contributed by atoms with Crippen molar-refractivity contribution in [3.05, 3.63) is 35.4 Å². The van der Waals surface area contributed by atoms with E-state index in [9.17, 15) is 4.79 Å². The van der Waals surface area contributed by atoms with Crippen LogP contribution in [0.4, 0.5) is 0 Å². The second kappa shape index (κ2) is 8.29. The Labute approximate surface area is 162 Å². The summed E-state index contributed by atoms with van der Waals surface area (Å²) in [5.41, 5.74) is 2.12. The molecular weight excluding hydrogens is 342 g/mol. The number of ether oxygens (including phenoxy) is 3. The highest BCUT2D eigenvalue weighted by Gasteiger charge is 2.49. The van der Waals surface area contributed by atoms with Crippen LogP contribution in [0.3, 0.4) is 0 Å². The van der Waals surface area contributed by atoms with Gasteiger partial charge in [-0.05, 0) is 37.7 Å². The van der Waals surface area contributed by atoms with Gasteiger partial charge in [-0.3, -0.25) is 4.79 Å². The Bertz CT molecular complexity index is 632. The molecule has 0 saturated carbocycles. The third kappa shape index (κ3) is 4.71. The van der Waals surface area contributed by atoms with Gasteiger partial charge in [0.2, 0.25) is 5.91 Å². The van der Waals surface area contributed by atoms with E-state index < -0.39 is 0 Å². The third-order valence-electron chi connectivity index (χ3n) is 6.14. The summed E-state index contributed by atoms with van der Waals surface area (Å²) in [4.78, 5) is 14.5. The molecule has 0 N–H and O–H groups in total. The number of amides is 1. The molecule has 1 unspecified atom stereocenters. The van der Waals surface area contributed by atoms with Gasteiger partial charge in [-0.1, -0.05) is 29.8 Å². The first-order chi connectivity index (χ1) is 13.1. The summed E-state index contributed by atoms with van der Waals surface area (Å²) < 4.78 is 17.7. The van der Waals surface area contributed by atoms with Crippen LogP contribution in [-0.2, 0) is 25.4 Å². The zero-order valence-electron chi connectivity index (χ0n) is 16.3. The number of aryl methyl sites for hydroxylation is 1. The lowest BCUT2D eigenvalue weighted by Crippen LogP contribution is -2.67. The highest BCUT2D eigenvalue weighted by atomic mass is 16.5. The average Bonchev–Trinajstić information content (AvgIpc) is 2.67. The molecule has 3 saturated heterocycles. The summed E-state index contributed by atoms with van der Waals surface area (Å²) in [6.07, 6.45) is 4.81. The Morgan fingerprint density at radius 2 is 1.89 bits per heavy atom. The van der Waals surface area contributed by atoms with E-state index >= 15 is 0 Å². The average molecular weight is 373 g/mol. The topological polar surface area (TPSA) is 48.0 Å². The van der Waals surface area contributed by atoms with Gasteiger partial charge in [-0.2, -0.15) is 0 Å². The van der Waals surface area contributed by atoms with Gasteiger partial charge in [0.15, 0.2) is 0 Å². The Balaban J connectivity index is 1.23. The van der Waals surface area contributed by atoms with Crippen LogP contribution in [0, 0.1) is 12.8 Å². The Hall–Kier alpha value is -1.43. The molecule has 0 aromatic heterocycles. The minimum absolute atomic E-state index is 0.179. The Morgan fingerprint density at radius 3 is 2.63 bits per heavy atom. The minimum Gasteiger partial charge on any atom is -0.381 e. The van der Waals surface area contributed by atoms with Gasteiger partial charge < -0.3 is 19.1 Å². The lowest BCUT2D eigenvalue weighted by atomic mass is 9.84. The van der Waals surface area contributed by atoms with Crippen LogP contribution in [0.1, 0.15) is 36.8 Å². The third-order valence-corrected chi connectivity index (χ3v) is 6.14. The fourth-order valence-corrected chi connectivity index (χ4v) is 4.35. The van der Waals surface area contributed by atoms with Crippen molar-refractivity contribution in [3.8, 4) is 0 Å². The molecule has 5 heteroatoms. The SMILES string of the molecule is Cc1ccc(CC(=O)N2CC3(CC(OCC4CCOCC4)CCO3)C2)cc1. The van der Waals surface area contributed by atoms with E-state index in [1.807, 2.05) is 17.0 Å². The predicted molar refractivity (Wildman–Crippen MR) is 103 cm³/mol. The molecule has 5 nitrogen and oxygen atoms in total. The normalized spacial score (nSPS) is 25.4. The standard InChI is InChI=1S/C22H31NO4/c1-17-2-4-18(5-3-17)12-21(24)23-15-22(16-23)13-20(8-11-27-22)26-14-19-6-9-25-10-7-19/h2-5,19-20H,6-16H2,1H3. The zero-order valence-corrected chi connectivity index (χ0v) is 16.3. The van der Waals surface area contributed by atoms with Gasteiger partial charge in [0.05, 0.1) is 25.6 Å². The molecule has 3 fully saturated rings. The number of hydrogen-bond acceptors (Lipinski definition) is 4. The number of benzene rings is 1. The van der Waals surface area contributed by atoms with Crippen molar-refractivity contribution >= 4 is 5.91 Å². The maximum Gasteiger partial charge on any atom is 0.227 e. The van der Waals surface area contributed by atoms with Crippen molar-refractivity contribution in [1.82, 2.24) is 4.90 Å². The lowest BCUT2D eigenvalue weighted by Gasteiger charge is -2.53. The van der Waals surface area contributed by atoms with Crippen LogP contribution in [-0.4, -0.2) is 62.0 Å². The van der Waals surface area contributed by atoms with E-state index in [1.54, 1.807) is 0 Å². The quantitative estimate of drug-likeness (QED) is 0.796. The lowest BCUT2D eigenvalue weighted by molar-refractivity contribution is -0.202. The Kier molecular flexibility index (Phi) is 5.81. The fraction of sp³-hybridized carbons (Fsp3) is 0.682. The number of likely N-dealkylation sites (tertiary alicyclic amines) is 1. The molecule has 0 radical (unpaired) electrons. The first-order valence-corrected chi connectivity index (χ1v) is 10.3. The van der Waals surface area contributed by atoms with Crippen molar-refractivity contribution in [2.24, 2.45) is 5.92 Å². The molecule has 148 valence electrons. The molecule has 3 aliphatic rings. The summed E-state index contributed by atoms with van der Waals surface area (Å²) in [5.74, 6) is 0.824. The highest BCUT2D eigenvalue weighted by Crippen LogP contribution is 2.36. The number of carbonyl (C=O) groups is 1. The fourth-order valence-electron chi connectivity index (χ4n) is 4.35. The molecule has 1 spiro atoms. The van der Waals surface area contributed by atoms with Gasteiger partial charge in [0.1, 0.15) is 5.60 Å². The van der Waals surface area contributed by atoms with E-state index in [0.29, 0.717) is 25.4 Å². The molecule has 1 aromatic carbocycles. The minimum atomic E-state index is -0.179. The first-order valence-electron chi connectivity index (χ1n) is 10.3. The van der Waals surface area contributed by atoms with Crippen molar-refractivity contribution in [1.29, 1.82) is 0 Å². The van der Waals surface area contributed by atoms with Crippen molar-refractivity contribution in [2.75, 3.05) is 39.5 Å². The maximum atomic E-state index is 12.5. The van der Waals surface area contributed by atoms with E-state index in [1.165, 1.54) is 5.56 Å². The molecule has 4 rings (SSSR count). The summed E-state index contributed by atoms with van der Waals surface area (Å²) in [7, 11) is 0. The largest absolute Gasteiger partial charge is 0.381 e. The molecule has 3 heterocycles. The number of hydrogen-bond donors (Lipinski definition) is 0. The van der Waals surface area contributed by atoms with Crippen LogP contribution in [0.5, 0.6) is 0 Å². The molecule has 1 atom stereocenters. The second-order valence-corrected chi connectivity index (χ2v) is 8.45. The van der Waals surface area contributed by atoms with Crippen molar-refractivity contribution < 1.29 is 19.0 Å². The molecule has 0 aliphatic carbocycles. The van der Waals surface area contributed by atoms with Crippen LogP contribution in [0.2, 0.25) is 0 Å². The van der Waals surface area contributed by atoms with E-state index in [0.717, 1.165) is 57.7 Å². The second-order valence-electron chi connectivity index (χ2n) is 8.45. The molecular formula is C22H31NO4. The van der Waals surface area contributed by atoms with Gasteiger partial charge in [-0.25, -0.2) is 0 Å². The molecule has 1 amide bonds. The molecule has 3 aliphatic heterocycles. The molecule has 1 aromatic rings.